The maximum atomic E-state index is 6.70. The lowest BCUT2D eigenvalue weighted by molar-refractivity contribution is 0.0800. The highest BCUT2D eigenvalue weighted by molar-refractivity contribution is 5.54. The van der Waals surface area contributed by atoms with Crippen LogP contribution in [0.5, 0.6) is 0 Å². The van der Waals surface area contributed by atoms with Gasteiger partial charge >= 0.3 is 0 Å². The Balaban J connectivity index is 1.24. The molecule has 5 aliphatic rings. The van der Waals surface area contributed by atoms with Gasteiger partial charge in [-0.2, -0.15) is 10.1 Å². The molecule has 7 heteroatoms. The molecule has 142 valence electrons. The fraction of sp³-hybridized carbons (Fsp3) is 0.650. The number of piperidine rings is 2. The van der Waals surface area contributed by atoms with Crippen LogP contribution in [0.2, 0.25) is 0 Å². The van der Waals surface area contributed by atoms with E-state index in [1.54, 1.807) is 0 Å². The highest BCUT2D eigenvalue weighted by Crippen LogP contribution is 2.59. The predicted molar refractivity (Wildman–Crippen MR) is 104 cm³/mol. The number of nitrogens with two attached hydrogens (primary N) is 1. The molecule has 4 heterocycles. The molecule has 4 N–H and O–H groups in total. The van der Waals surface area contributed by atoms with Gasteiger partial charge in [0.15, 0.2) is 5.82 Å². The highest BCUT2D eigenvalue weighted by Gasteiger charge is 2.60. The Labute approximate surface area is 159 Å². The van der Waals surface area contributed by atoms with Gasteiger partial charge in [-0.25, -0.2) is 4.98 Å². The number of nitrogens with one attached hydrogen (secondary N) is 2. The van der Waals surface area contributed by atoms with Crippen molar-refractivity contribution < 1.29 is 0 Å². The minimum absolute atomic E-state index is 0.0563. The van der Waals surface area contributed by atoms with E-state index in [2.05, 4.69) is 31.5 Å². The van der Waals surface area contributed by atoms with Crippen LogP contribution in [-0.4, -0.2) is 38.3 Å². The van der Waals surface area contributed by atoms with Crippen molar-refractivity contribution in [3.05, 3.63) is 24.0 Å². The number of anilines is 3. The lowest BCUT2D eigenvalue weighted by Crippen LogP contribution is -2.62. The first-order valence-electron chi connectivity index (χ1n) is 10.4. The molecule has 7 nitrogen and oxygen atoms in total. The minimum Gasteiger partial charge on any atom is -0.337 e. The molecule has 7 rings (SSSR count). The van der Waals surface area contributed by atoms with Crippen LogP contribution in [0.3, 0.4) is 0 Å². The summed E-state index contributed by atoms with van der Waals surface area (Å²) in [7, 11) is 0. The molecule has 27 heavy (non-hydrogen) atoms. The van der Waals surface area contributed by atoms with Crippen LogP contribution in [0.15, 0.2) is 18.3 Å². The molecule has 0 radical (unpaired) electrons. The first-order valence-corrected chi connectivity index (χ1v) is 10.4. The Bertz CT molecular complexity index is 859. The minimum atomic E-state index is 0.0563. The third-order valence-electron chi connectivity index (χ3n) is 7.44. The van der Waals surface area contributed by atoms with Gasteiger partial charge in [0.1, 0.15) is 5.82 Å². The van der Waals surface area contributed by atoms with E-state index in [0.29, 0.717) is 12.0 Å². The first-order chi connectivity index (χ1) is 13.1. The molecular weight excluding hydrogens is 338 g/mol. The van der Waals surface area contributed by atoms with E-state index in [-0.39, 0.29) is 11.0 Å². The molecule has 0 aromatic carbocycles. The second kappa shape index (κ2) is 5.44. The van der Waals surface area contributed by atoms with Crippen LogP contribution in [-0.2, 0) is 0 Å². The van der Waals surface area contributed by atoms with Crippen molar-refractivity contribution in [3.8, 4) is 0 Å². The molecule has 0 unspecified atom stereocenters. The van der Waals surface area contributed by atoms with Gasteiger partial charge in [0.25, 0.3) is 0 Å². The average Bonchev–Trinajstić information content (AvgIpc) is 3.64. The Hall–Kier alpha value is -2.15. The number of nitrogens with zero attached hydrogens (tertiary/aromatic N) is 4. The highest BCUT2D eigenvalue weighted by atomic mass is 15.3. The van der Waals surface area contributed by atoms with Crippen molar-refractivity contribution in [1.82, 2.24) is 20.2 Å². The summed E-state index contributed by atoms with van der Waals surface area (Å²) >= 11 is 0. The second-order valence-electron chi connectivity index (χ2n) is 9.15. The average molecular weight is 365 g/mol. The van der Waals surface area contributed by atoms with Crippen molar-refractivity contribution >= 4 is 17.6 Å². The number of fused-ring (bicyclic) bond motifs is 3. The molecule has 2 saturated heterocycles. The van der Waals surface area contributed by atoms with E-state index in [1.165, 1.54) is 57.1 Å². The summed E-state index contributed by atoms with van der Waals surface area (Å²) in [6.45, 7) is 1.01. The van der Waals surface area contributed by atoms with Gasteiger partial charge in [0, 0.05) is 47.4 Å². The molecule has 0 atom stereocenters. The zero-order valence-corrected chi connectivity index (χ0v) is 15.6. The van der Waals surface area contributed by atoms with Gasteiger partial charge in [-0.15, -0.1) is 0 Å². The molecule has 2 aliphatic heterocycles. The Morgan fingerprint density at radius 2 is 1.93 bits per heavy atom. The molecule has 3 saturated carbocycles. The smallest absolute Gasteiger partial charge is 0.227 e. The van der Waals surface area contributed by atoms with Crippen molar-refractivity contribution in [3.63, 3.8) is 0 Å². The number of aromatic nitrogens is 4. The van der Waals surface area contributed by atoms with Gasteiger partial charge in [-0.1, -0.05) is 0 Å². The summed E-state index contributed by atoms with van der Waals surface area (Å²) in [6, 6.07) is 4.57. The third-order valence-corrected chi connectivity index (χ3v) is 7.44. The summed E-state index contributed by atoms with van der Waals surface area (Å²) in [5.74, 6) is 3.13. The zero-order valence-electron chi connectivity index (χ0n) is 15.6. The van der Waals surface area contributed by atoms with Gasteiger partial charge in [-0.05, 0) is 57.4 Å². The standard InChI is InChI=1S/C20H27N7/c21-20(8-9-20)19-6-3-14(4-7-19)27(12-19)18-22-10-5-16(24-18)23-17-11-15(25-26-17)13-1-2-13/h5,10-11,13-14H,1-4,6-9,12,21H2,(H2,22,23,24,25,26). The molecule has 0 amide bonds. The van der Waals surface area contributed by atoms with E-state index in [0.717, 1.165) is 24.1 Å². The molecule has 0 spiro atoms. The van der Waals surface area contributed by atoms with Crippen LogP contribution in [0, 0.1) is 5.41 Å². The Kier molecular flexibility index (Phi) is 3.20. The molecular formula is C20H27N7. The number of H-pyrrole nitrogens is 1. The molecule has 2 aromatic rings. The van der Waals surface area contributed by atoms with Crippen LogP contribution in [0.1, 0.15) is 63.0 Å². The lowest BCUT2D eigenvalue weighted by atomic mass is 9.62. The third kappa shape index (κ3) is 2.55. The van der Waals surface area contributed by atoms with Crippen LogP contribution in [0.4, 0.5) is 17.6 Å². The predicted octanol–water partition coefficient (Wildman–Crippen LogP) is 3.06. The summed E-state index contributed by atoms with van der Waals surface area (Å²) in [5, 5.41) is 10.9. The zero-order chi connectivity index (χ0) is 18.1. The van der Waals surface area contributed by atoms with Crippen molar-refractivity contribution in [2.75, 3.05) is 16.8 Å². The van der Waals surface area contributed by atoms with Gasteiger partial charge in [-0.3, -0.25) is 5.10 Å². The SMILES string of the molecule is NC1(C23CCC(CC2)N(c2nccc(Nc4cc(C5CC5)[nH]n4)n2)C3)CC1. The van der Waals surface area contributed by atoms with E-state index in [4.69, 9.17) is 10.7 Å². The largest absolute Gasteiger partial charge is 0.337 e. The Morgan fingerprint density at radius 1 is 1.11 bits per heavy atom. The summed E-state index contributed by atoms with van der Waals surface area (Å²) in [6.07, 6.45) is 11.7. The number of hydrogen-bond donors (Lipinski definition) is 3. The molecule has 2 bridgehead atoms. The van der Waals surface area contributed by atoms with E-state index < -0.39 is 0 Å². The monoisotopic (exact) mass is 365 g/mol. The summed E-state index contributed by atoms with van der Waals surface area (Å²) < 4.78 is 0. The quantitative estimate of drug-likeness (QED) is 0.754. The maximum Gasteiger partial charge on any atom is 0.227 e. The first kappa shape index (κ1) is 15.9. The second-order valence-corrected chi connectivity index (χ2v) is 9.15. The summed E-state index contributed by atoms with van der Waals surface area (Å²) in [5.41, 5.74) is 8.24. The molecule has 2 aromatic heterocycles. The fourth-order valence-corrected chi connectivity index (χ4v) is 5.33. The van der Waals surface area contributed by atoms with Crippen molar-refractivity contribution in [2.45, 2.75) is 68.9 Å². The van der Waals surface area contributed by atoms with Gasteiger partial charge in [0.05, 0.1) is 0 Å². The molecule has 5 fully saturated rings. The van der Waals surface area contributed by atoms with Crippen LogP contribution >= 0.6 is 0 Å². The summed E-state index contributed by atoms with van der Waals surface area (Å²) in [4.78, 5) is 11.9. The lowest BCUT2D eigenvalue weighted by Gasteiger charge is -2.55. The molecule has 3 aliphatic carbocycles. The van der Waals surface area contributed by atoms with E-state index in [9.17, 15) is 0 Å². The van der Waals surface area contributed by atoms with E-state index in [1.807, 2.05) is 12.3 Å². The topological polar surface area (TPSA) is 95.8 Å². The maximum absolute atomic E-state index is 6.70. The van der Waals surface area contributed by atoms with Gasteiger partial charge < -0.3 is 16.0 Å². The number of rotatable bonds is 5. The van der Waals surface area contributed by atoms with Gasteiger partial charge in [0.2, 0.25) is 5.95 Å². The van der Waals surface area contributed by atoms with Crippen molar-refractivity contribution in [2.24, 2.45) is 11.1 Å². The van der Waals surface area contributed by atoms with Crippen LogP contribution in [0.25, 0.3) is 0 Å². The van der Waals surface area contributed by atoms with E-state index >= 15 is 0 Å². The fourth-order valence-electron chi connectivity index (χ4n) is 5.33. The van der Waals surface area contributed by atoms with Crippen molar-refractivity contribution in [1.29, 1.82) is 0 Å². The number of aromatic amines is 1. The normalized spacial score (nSPS) is 31.1. The number of hydrogen-bond acceptors (Lipinski definition) is 6. The Morgan fingerprint density at radius 3 is 2.67 bits per heavy atom. The van der Waals surface area contributed by atoms with Crippen LogP contribution < -0.4 is 16.0 Å².